The lowest BCUT2D eigenvalue weighted by Crippen LogP contribution is -2.44. The van der Waals surface area contributed by atoms with Crippen LogP contribution < -0.4 is 15.4 Å². The molecule has 9 heteroatoms. The number of amides is 2. The summed E-state index contributed by atoms with van der Waals surface area (Å²) in [5.74, 6) is -1.27. The average Bonchev–Trinajstić information content (AvgIpc) is 2.66. The fraction of sp³-hybridized carbons (Fsp3) is 0.263. The third kappa shape index (κ3) is 5.78. The quantitative estimate of drug-likeness (QED) is 0.624. The van der Waals surface area contributed by atoms with E-state index in [0.717, 1.165) is 30.7 Å². The maximum Gasteiger partial charge on any atom is 0.261 e. The van der Waals surface area contributed by atoms with Crippen molar-refractivity contribution in [1.29, 1.82) is 0 Å². The largest absolute Gasteiger partial charge is 0.354 e. The van der Waals surface area contributed by atoms with Gasteiger partial charge in [-0.2, -0.15) is 0 Å². The van der Waals surface area contributed by atoms with Gasteiger partial charge in [0.1, 0.15) is 11.9 Å². The number of benzene rings is 2. The van der Waals surface area contributed by atoms with Crippen LogP contribution in [0.1, 0.15) is 30.6 Å². The van der Waals surface area contributed by atoms with E-state index in [1.54, 1.807) is 6.92 Å². The summed E-state index contributed by atoms with van der Waals surface area (Å²) in [6.45, 7) is 4.03. The number of carbonyl (C=O) groups is 2. The SMILES string of the molecule is CCCNC(=O)[C@H](C)NC(=O)c1ccc(NS(=O)(=O)c2ccc(F)cc2)cc1. The predicted molar refractivity (Wildman–Crippen MR) is 104 cm³/mol. The molecule has 0 bridgehead atoms. The molecule has 7 nitrogen and oxygen atoms in total. The fourth-order valence-electron chi connectivity index (χ4n) is 2.26. The third-order valence-electron chi connectivity index (χ3n) is 3.81. The number of halogens is 1. The summed E-state index contributed by atoms with van der Waals surface area (Å²) in [7, 11) is -3.87. The molecule has 0 fully saturated rings. The van der Waals surface area contributed by atoms with E-state index in [4.69, 9.17) is 0 Å². The maximum absolute atomic E-state index is 12.9. The molecule has 0 aliphatic carbocycles. The van der Waals surface area contributed by atoms with Crippen molar-refractivity contribution in [3.63, 3.8) is 0 Å². The molecule has 0 aliphatic rings. The summed E-state index contributed by atoms with van der Waals surface area (Å²) < 4.78 is 39.9. The smallest absolute Gasteiger partial charge is 0.261 e. The van der Waals surface area contributed by atoms with Crippen molar-refractivity contribution in [2.45, 2.75) is 31.2 Å². The first kappa shape index (κ1) is 21.4. The molecule has 0 saturated heterocycles. The monoisotopic (exact) mass is 407 g/mol. The molecule has 0 unspecified atom stereocenters. The second-order valence-electron chi connectivity index (χ2n) is 6.12. The van der Waals surface area contributed by atoms with Gasteiger partial charge in [-0.15, -0.1) is 0 Å². The number of rotatable bonds is 8. The van der Waals surface area contributed by atoms with Crippen molar-refractivity contribution < 1.29 is 22.4 Å². The number of carbonyl (C=O) groups excluding carboxylic acids is 2. The lowest BCUT2D eigenvalue weighted by atomic mass is 10.2. The van der Waals surface area contributed by atoms with Crippen LogP contribution in [0.5, 0.6) is 0 Å². The van der Waals surface area contributed by atoms with Gasteiger partial charge < -0.3 is 10.6 Å². The first-order valence-corrected chi connectivity index (χ1v) is 10.2. The molecule has 2 aromatic rings. The Bertz CT molecular complexity index is 929. The van der Waals surface area contributed by atoms with E-state index in [1.807, 2.05) is 6.92 Å². The molecule has 0 spiro atoms. The zero-order valence-electron chi connectivity index (χ0n) is 15.5. The number of nitrogens with one attached hydrogen (secondary N) is 3. The highest BCUT2D eigenvalue weighted by atomic mass is 32.2. The Hall–Kier alpha value is -2.94. The molecule has 0 aromatic heterocycles. The Morgan fingerprint density at radius 1 is 1.04 bits per heavy atom. The van der Waals surface area contributed by atoms with Gasteiger partial charge in [0.15, 0.2) is 0 Å². The van der Waals surface area contributed by atoms with Crippen molar-refractivity contribution in [2.24, 2.45) is 0 Å². The summed E-state index contributed by atoms with van der Waals surface area (Å²) in [5.41, 5.74) is 0.523. The van der Waals surface area contributed by atoms with Gasteiger partial charge in [-0.25, -0.2) is 12.8 Å². The number of hydrogen-bond acceptors (Lipinski definition) is 4. The van der Waals surface area contributed by atoms with E-state index in [-0.39, 0.29) is 22.1 Å². The second kappa shape index (κ2) is 9.32. The minimum Gasteiger partial charge on any atom is -0.354 e. The molecule has 2 aromatic carbocycles. The zero-order valence-corrected chi connectivity index (χ0v) is 16.3. The normalized spacial score (nSPS) is 12.1. The Morgan fingerprint density at radius 3 is 2.21 bits per heavy atom. The molecular formula is C19H22FN3O4S. The molecule has 0 aliphatic heterocycles. The second-order valence-corrected chi connectivity index (χ2v) is 7.81. The van der Waals surface area contributed by atoms with Gasteiger partial charge in [0, 0.05) is 17.8 Å². The highest BCUT2D eigenvalue weighted by Crippen LogP contribution is 2.17. The van der Waals surface area contributed by atoms with Crippen molar-refractivity contribution in [3.8, 4) is 0 Å². The fourth-order valence-corrected chi connectivity index (χ4v) is 3.32. The van der Waals surface area contributed by atoms with E-state index in [2.05, 4.69) is 15.4 Å². The Kier molecular flexibility index (Phi) is 7.11. The summed E-state index contributed by atoms with van der Waals surface area (Å²) in [6, 6.07) is 9.46. The molecule has 150 valence electrons. The van der Waals surface area contributed by atoms with Crippen LogP contribution in [-0.2, 0) is 14.8 Å². The Balaban J connectivity index is 2.01. The molecule has 1 atom stereocenters. The summed E-state index contributed by atoms with van der Waals surface area (Å²) in [6.07, 6.45) is 0.793. The Morgan fingerprint density at radius 2 is 1.64 bits per heavy atom. The van der Waals surface area contributed by atoms with Crippen molar-refractivity contribution in [1.82, 2.24) is 10.6 Å². The molecule has 28 heavy (non-hydrogen) atoms. The van der Waals surface area contributed by atoms with Crippen molar-refractivity contribution in [3.05, 3.63) is 59.9 Å². The van der Waals surface area contributed by atoms with Gasteiger partial charge >= 0.3 is 0 Å². The van der Waals surface area contributed by atoms with Crippen LogP contribution in [-0.4, -0.2) is 32.8 Å². The summed E-state index contributed by atoms with van der Waals surface area (Å²) >= 11 is 0. The zero-order chi connectivity index (χ0) is 20.7. The number of hydrogen-bond donors (Lipinski definition) is 3. The van der Waals surface area contributed by atoms with Crippen LogP contribution >= 0.6 is 0 Å². The highest BCUT2D eigenvalue weighted by molar-refractivity contribution is 7.92. The topological polar surface area (TPSA) is 104 Å². The van der Waals surface area contributed by atoms with Gasteiger partial charge in [-0.3, -0.25) is 14.3 Å². The van der Waals surface area contributed by atoms with Crippen molar-refractivity contribution >= 4 is 27.5 Å². The summed E-state index contributed by atoms with van der Waals surface area (Å²) in [4.78, 5) is 23.9. The van der Waals surface area contributed by atoms with Gasteiger partial charge in [0.05, 0.1) is 4.90 Å². The molecule has 2 amide bonds. The van der Waals surface area contributed by atoms with Crippen LogP contribution in [0, 0.1) is 5.82 Å². The average molecular weight is 407 g/mol. The predicted octanol–water partition coefficient (Wildman–Crippen LogP) is 2.27. The van der Waals surface area contributed by atoms with Gasteiger partial charge in [0.25, 0.3) is 15.9 Å². The number of anilines is 1. The number of sulfonamides is 1. The maximum atomic E-state index is 12.9. The first-order chi connectivity index (χ1) is 13.2. The van der Waals surface area contributed by atoms with Crippen LogP contribution in [0.3, 0.4) is 0 Å². The molecule has 0 radical (unpaired) electrons. The molecular weight excluding hydrogens is 385 g/mol. The van der Waals surface area contributed by atoms with E-state index in [1.165, 1.54) is 24.3 Å². The molecule has 3 N–H and O–H groups in total. The highest BCUT2D eigenvalue weighted by Gasteiger charge is 2.17. The molecule has 0 saturated carbocycles. The van der Waals surface area contributed by atoms with Gasteiger partial charge in [-0.05, 0) is 61.9 Å². The molecule has 2 rings (SSSR count). The standard InChI is InChI=1S/C19H22FN3O4S/c1-3-12-21-18(24)13(2)22-19(25)14-4-8-16(9-5-14)23-28(26,27)17-10-6-15(20)7-11-17/h4-11,13,23H,3,12H2,1-2H3,(H,21,24)(H,22,25)/t13-/m0/s1. The van der Waals surface area contributed by atoms with E-state index >= 15 is 0 Å². The van der Waals surface area contributed by atoms with Crippen LogP contribution in [0.2, 0.25) is 0 Å². The van der Waals surface area contributed by atoms with E-state index < -0.39 is 27.8 Å². The summed E-state index contributed by atoms with van der Waals surface area (Å²) in [5, 5.41) is 5.27. The van der Waals surface area contributed by atoms with Gasteiger partial charge in [-0.1, -0.05) is 6.92 Å². The van der Waals surface area contributed by atoms with Gasteiger partial charge in [0.2, 0.25) is 5.91 Å². The van der Waals surface area contributed by atoms with Crippen LogP contribution in [0.4, 0.5) is 10.1 Å². The minimum atomic E-state index is -3.87. The lowest BCUT2D eigenvalue weighted by Gasteiger charge is -2.14. The lowest BCUT2D eigenvalue weighted by molar-refractivity contribution is -0.122. The van der Waals surface area contributed by atoms with E-state index in [9.17, 15) is 22.4 Å². The van der Waals surface area contributed by atoms with E-state index in [0.29, 0.717) is 6.54 Å². The molecule has 0 heterocycles. The first-order valence-electron chi connectivity index (χ1n) is 8.70. The minimum absolute atomic E-state index is 0.0809. The Labute approximate surface area is 163 Å². The van der Waals surface area contributed by atoms with Crippen LogP contribution in [0.25, 0.3) is 0 Å². The van der Waals surface area contributed by atoms with Crippen LogP contribution in [0.15, 0.2) is 53.4 Å². The third-order valence-corrected chi connectivity index (χ3v) is 5.21. The van der Waals surface area contributed by atoms with Crippen molar-refractivity contribution in [2.75, 3.05) is 11.3 Å².